The van der Waals surface area contributed by atoms with Crippen molar-refractivity contribution in [3.05, 3.63) is 0 Å². The van der Waals surface area contributed by atoms with Gasteiger partial charge in [0.05, 0.1) is 12.8 Å². The molecule has 2 nitrogen and oxygen atoms in total. The molecule has 46 valence electrons. The Kier molecular flexibility index (Phi) is 1.02. The number of fused-ring (bicyclic) bond motifs is 3. The van der Waals surface area contributed by atoms with Crippen LogP contribution in [0.15, 0.2) is 0 Å². The highest BCUT2D eigenvalue weighted by molar-refractivity contribution is 4.74. The fourth-order valence-electron chi connectivity index (χ4n) is 1.42. The minimum atomic E-state index is 0.611. The molecule has 2 heteroatoms. The van der Waals surface area contributed by atoms with E-state index in [0.29, 0.717) is 6.10 Å². The summed E-state index contributed by atoms with van der Waals surface area (Å²) in [7, 11) is 0. The van der Waals surface area contributed by atoms with E-state index in [-0.39, 0.29) is 0 Å². The van der Waals surface area contributed by atoms with Crippen LogP contribution in [0, 0.1) is 0 Å². The van der Waals surface area contributed by atoms with E-state index in [1.807, 2.05) is 0 Å². The molecule has 0 N–H and O–H groups in total. The highest BCUT2D eigenvalue weighted by atomic mass is 16.5. The van der Waals surface area contributed by atoms with Crippen molar-refractivity contribution in [3.8, 4) is 0 Å². The van der Waals surface area contributed by atoms with Crippen molar-refractivity contribution in [2.75, 3.05) is 19.8 Å². The summed E-state index contributed by atoms with van der Waals surface area (Å²) in [5.74, 6) is 0. The number of piperidine rings is 1. The third-order valence-electron chi connectivity index (χ3n) is 2.03. The lowest BCUT2D eigenvalue weighted by atomic mass is 10.1. The Bertz CT molecular complexity index is 63.5. The largest absolute Gasteiger partial charge is 0.363 e. The second-order valence-electron chi connectivity index (χ2n) is 2.61. The molecule has 0 aliphatic carbocycles. The van der Waals surface area contributed by atoms with Crippen molar-refractivity contribution < 1.29 is 4.74 Å². The molecule has 0 aromatic rings. The SMILES string of the molecule is C1CN2CCC1OC2. The van der Waals surface area contributed by atoms with Crippen molar-refractivity contribution >= 4 is 0 Å². The van der Waals surface area contributed by atoms with Gasteiger partial charge in [0.2, 0.25) is 0 Å². The summed E-state index contributed by atoms with van der Waals surface area (Å²) in [6.45, 7) is 3.43. The molecule has 3 fully saturated rings. The number of hydrogen-bond acceptors (Lipinski definition) is 2. The smallest absolute Gasteiger partial charge is 0.0994 e. The highest BCUT2D eigenvalue weighted by Crippen LogP contribution is 2.19. The van der Waals surface area contributed by atoms with E-state index in [4.69, 9.17) is 4.74 Å². The van der Waals surface area contributed by atoms with Gasteiger partial charge in [-0.05, 0) is 12.8 Å². The monoisotopic (exact) mass is 113 g/mol. The summed E-state index contributed by atoms with van der Waals surface area (Å²) in [6, 6.07) is 0. The van der Waals surface area contributed by atoms with E-state index in [1.54, 1.807) is 0 Å². The summed E-state index contributed by atoms with van der Waals surface area (Å²) in [5, 5.41) is 0. The maximum absolute atomic E-state index is 5.40. The second kappa shape index (κ2) is 1.71. The van der Waals surface area contributed by atoms with Crippen molar-refractivity contribution in [2.45, 2.75) is 18.9 Å². The molecular formula is C6H11NO. The van der Waals surface area contributed by atoms with Crippen LogP contribution in [0.1, 0.15) is 12.8 Å². The van der Waals surface area contributed by atoms with Gasteiger partial charge in [-0.2, -0.15) is 0 Å². The lowest BCUT2D eigenvalue weighted by Crippen LogP contribution is -2.45. The van der Waals surface area contributed by atoms with E-state index in [1.165, 1.54) is 25.9 Å². The molecule has 8 heavy (non-hydrogen) atoms. The Morgan fingerprint density at radius 3 is 2.12 bits per heavy atom. The average molecular weight is 113 g/mol. The summed E-state index contributed by atoms with van der Waals surface area (Å²) in [4.78, 5) is 2.36. The molecule has 0 saturated carbocycles. The van der Waals surface area contributed by atoms with Crippen molar-refractivity contribution in [3.63, 3.8) is 0 Å². The van der Waals surface area contributed by atoms with Crippen LogP contribution in [0.2, 0.25) is 0 Å². The van der Waals surface area contributed by atoms with Crippen LogP contribution >= 0.6 is 0 Å². The Morgan fingerprint density at radius 2 is 2.00 bits per heavy atom. The van der Waals surface area contributed by atoms with Crippen LogP contribution in [0.4, 0.5) is 0 Å². The number of rotatable bonds is 0. The molecule has 3 aliphatic heterocycles. The lowest BCUT2D eigenvalue weighted by Gasteiger charge is -2.38. The third kappa shape index (κ3) is 0.644. The zero-order valence-corrected chi connectivity index (χ0v) is 4.97. The Balaban J connectivity index is 2.03. The van der Waals surface area contributed by atoms with Crippen LogP contribution in [-0.4, -0.2) is 30.8 Å². The molecule has 3 saturated heterocycles. The van der Waals surface area contributed by atoms with Gasteiger partial charge in [-0.1, -0.05) is 0 Å². The van der Waals surface area contributed by atoms with Gasteiger partial charge in [0.15, 0.2) is 0 Å². The van der Waals surface area contributed by atoms with Crippen LogP contribution in [0.3, 0.4) is 0 Å². The molecule has 0 radical (unpaired) electrons. The zero-order valence-electron chi connectivity index (χ0n) is 4.97. The van der Waals surface area contributed by atoms with Gasteiger partial charge in [-0.15, -0.1) is 0 Å². The Hall–Kier alpha value is -0.0800. The van der Waals surface area contributed by atoms with Gasteiger partial charge in [0.1, 0.15) is 0 Å². The number of ether oxygens (including phenoxy) is 1. The van der Waals surface area contributed by atoms with E-state index >= 15 is 0 Å². The van der Waals surface area contributed by atoms with Gasteiger partial charge in [-0.3, -0.25) is 4.90 Å². The van der Waals surface area contributed by atoms with Gasteiger partial charge in [-0.25, -0.2) is 0 Å². The second-order valence-corrected chi connectivity index (χ2v) is 2.61. The van der Waals surface area contributed by atoms with Gasteiger partial charge >= 0.3 is 0 Å². The predicted molar refractivity (Wildman–Crippen MR) is 30.5 cm³/mol. The van der Waals surface area contributed by atoms with Gasteiger partial charge < -0.3 is 4.74 Å². The molecule has 3 aliphatic rings. The lowest BCUT2D eigenvalue weighted by molar-refractivity contribution is -0.113. The first kappa shape index (κ1) is 4.77. The zero-order chi connectivity index (χ0) is 5.40. The Morgan fingerprint density at radius 1 is 1.25 bits per heavy atom. The maximum atomic E-state index is 5.40. The first-order valence-corrected chi connectivity index (χ1v) is 3.29. The van der Waals surface area contributed by atoms with E-state index in [9.17, 15) is 0 Å². The minimum Gasteiger partial charge on any atom is -0.363 e. The molecule has 0 aromatic carbocycles. The molecule has 0 amide bonds. The molecule has 0 aromatic heterocycles. The van der Waals surface area contributed by atoms with Crippen molar-refractivity contribution in [1.82, 2.24) is 4.90 Å². The van der Waals surface area contributed by atoms with Crippen LogP contribution in [0.25, 0.3) is 0 Å². The van der Waals surface area contributed by atoms with Gasteiger partial charge in [0.25, 0.3) is 0 Å². The number of nitrogens with zero attached hydrogens (tertiary/aromatic N) is 1. The average Bonchev–Trinajstić information content (AvgIpc) is 1.92. The molecule has 0 unspecified atom stereocenters. The van der Waals surface area contributed by atoms with E-state index in [2.05, 4.69) is 4.90 Å². The molecular weight excluding hydrogens is 102 g/mol. The third-order valence-corrected chi connectivity index (χ3v) is 2.03. The molecule has 2 bridgehead atoms. The Labute approximate surface area is 49.4 Å². The fourth-order valence-corrected chi connectivity index (χ4v) is 1.42. The first-order valence-electron chi connectivity index (χ1n) is 3.29. The van der Waals surface area contributed by atoms with Crippen LogP contribution in [-0.2, 0) is 4.74 Å². The summed E-state index contributed by atoms with van der Waals surface area (Å²) in [5.41, 5.74) is 0. The highest BCUT2D eigenvalue weighted by Gasteiger charge is 2.25. The summed E-state index contributed by atoms with van der Waals surface area (Å²) in [6.07, 6.45) is 3.14. The topological polar surface area (TPSA) is 12.5 Å². The standard InChI is InChI=1S/C6H11NO/c1-3-7-4-2-6(1)8-5-7/h6H,1-5H2. The van der Waals surface area contributed by atoms with Crippen LogP contribution < -0.4 is 0 Å². The minimum absolute atomic E-state index is 0.611. The summed E-state index contributed by atoms with van der Waals surface area (Å²) < 4.78 is 5.40. The van der Waals surface area contributed by atoms with E-state index < -0.39 is 0 Å². The first-order chi connectivity index (χ1) is 3.95. The fraction of sp³-hybridized carbons (Fsp3) is 1.00. The quantitative estimate of drug-likeness (QED) is 0.452. The molecule has 3 heterocycles. The summed E-state index contributed by atoms with van der Waals surface area (Å²) >= 11 is 0. The predicted octanol–water partition coefficient (Wildman–Crippen LogP) is 0.438. The molecule has 0 atom stereocenters. The maximum Gasteiger partial charge on any atom is 0.0994 e. The molecule has 0 spiro atoms. The van der Waals surface area contributed by atoms with Crippen molar-refractivity contribution in [2.24, 2.45) is 0 Å². The van der Waals surface area contributed by atoms with Crippen LogP contribution in [0.5, 0.6) is 0 Å². The molecule has 3 rings (SSSR count). The van der Waals surface area contributed by atoms with E-state index in [0.717, 1.165) is 6.73 Å². The van der Waals surface area contributed by atoms with Gasteiger partial charge in [0, 0.05) is 13.1 Å². The normalized spacial score (nSPS) is 45.0. The number of hydrogen-bond donors (Lipinski definition) is 0. The van der Waals surface area contributed by atoms with Crippen molar-refractivity contribution in [1.29, 1.82) is 0 Å².